The molecular formula is C19H19FN6O3. The van der Waals surface area contributed by atoms with Crippen molar-refractivity contribution >= 4 is 34.4 Å². The van der Waals surface area contributed by atoms with Crippen molar-refractivity contribution in [2.45, 2.75) is 19.7 Å². The fraction of sp³-hybridized carbons (Fsp3) is 0.263. The van der Waals surface area contributed by atoms with Gasteiger partial charge < -0.3 is 15.4 Å². The SMILES string of the molecule is CC(=O)NCC1CN(c2ccc(NCn3nnc4ccccc43)c(F)c2)C(=O)O1. The largest absolute Gasteiger partial charge is 0.442 e. The van der Waals surface area contributed by atoms with Crippen LogP contribution in [0.25, 0.3) is 11.0 Å². The van der Waals surface area contributed by atoms with Crippen LogP contribution in [0.3, 0.4) is 0 Å². The third-order valence-electron chi connectivity index (χ3n) is 4.56. The first-order valence-corrected chi connectivity index (χ1v) is 9.05. The van der Waals surface area contributed by atoms with Crippen LogP contribution in [0.5, 0.6) is 0 Å². The molecule has 1 aliphatic rings. The van der Waals surface area contributed by atoms with E-state index in [1.807, 2.05) is 24.3 Å². The number of cyclic esters (lactones) is 1. The number of anilines is 2. The third-order valence-corrected chi connectivity index (χ3v) is 4.56. The molecule has 29 heavy (non-hydrogen) atoms. The monoisotopic (exact) mass is 398 g/mol. The summed E-state index contributed by atoms with van der Waals surface area (Å²) >= 11 is 0. The Hall–Kier alpha value is -3.69. The minimum absolute atomic E-state index is 0.207. The van der Waals surface area contributed by atoms with Gasteiger partial charge in [-0.15, -0.1) is 5.10 Å². The van der Waals surface area contributed by atoms with E-state index in [2.05, 4.69) is 20.9 Å². The van der Waals surface area contributed by atoms with Crippen LogP contribution in [-0.4, -0.2) is 46.2 Å². The summed E-state index contributed by atoms with van der Waals surface area (Å²) in [4.78, 5) is 24.4. The molecule has 9 nitrogen and oxygen atoms in total. The number of carbonyl (C=O) groups is 2. The molecule has 0 bridgehead atoms. The Balaban J connectivity index is 1.43. The van der Waals surface area contributed by atoms with Crippen LogP contribution < -0.4 is 15.5 Å². The predicted octanol–water partition coefficient (Wildman–Crippen LogP) is 2.10. The number of halogens is 1. The summed E-state index contributed by atoms with van der Waals surface area (Å²) in [5.74, 6) is -0.717. The van der Waals surface area contributed by atoms with E-state index < -0.39 is 18.0 Å². The van der Waals surface area contributed by atoms with Crippen LogP contribution in [0.1, 0.15) is 6.92 Å². The molecule has 4 rings (SSSR count). The number of benzene rings is 2. The first-order chi connectivity index (χ1) is 14.0. The summed E-state index contributed by atoms with van der Waals surface area (Å²) in [5, 5.41) is 13.7. The summed E-state index contributed by atoms with van der Waals surface area (Å²) in [6, 6.07) is 11.9. The minimum Gasteiger partial charge on any atom is -0.442 e. The number of amides is 2. The average Bonchev–Trinajstić information content (AvgIpc) is 3.29. The average molecular weight is 398 g/mol. The number of carbonyl (C=O) groups excluding carboxylic acids is 2. The highest BCUT2D eigenvalue weighted by molar-refractivity contribution is 5.90. The van der Waals surface area contributed by atoms with E-state index in [9.17, 15) is 14.0 Å². The molecule has 0 aliphatic carbocycles. The fourth-order valence-electron chi connectivity index (χ4n) is 3.11. The maximum absolute atomic E-state index is 14.6. The summed E-state index contributed by atoms with van der Waals surface area (Å²) < 4.78 is 21.4. The van der Waals surface area contributed by atoms with Crippen molar-refractivity contribution in [3.8, 4) is 0 Å². The molecule has 0 spiro atoms. The van der Waals surface area contributed by atoms with E-state index in [1.165, 1.54) is 17.9 Å². The van der Waals surface area contributed by atoms with E-state index in [1.54, 1.807) is 16.8 Å². The summed E-state index contributed by atoms with van der Waals surface area (Å²) in [6.45, 7) is 2.07. The molecule has 1 fully saturated rings. The molecule has 2 heterocycles. The quantitative estimate of drug-likeness (QED) is 0.660. The smallest absolute Gasteiger partial charge is 0.414 e. The lowest BCUT2D eigenvalue weighted by molar-refractivity contribution is -0.119. The Kier molecular flexibility index (Phi) is 4.98. The Morgan fingerprint density at radius 2 is 2.14 bits per heavy atom. The van der Waals surface area contributed by atoms with Crippen LogP contribution in [0.15, 0.2) is 42.5 Å². The molecule has 0 saturated carbocycles. The summed E-state index contributed by atoms with van der Waals surface area (Å²) in [7, 11) is 0. The van der Waals surface area contributed by atoms with E-state index >= 15 is 0 Å². The van der Waals surface area contributed by atoms with Gasteiger partial charge in [0.15, 0.2) is 0 Å². The van der Waals surface area contributed by atoms with Crippen LogP contribution in [0.2, 0.25) is 0 Å². The Labute approximate surface area is 165 Å². The van der Waals surface area contributed by atoms with Gasteiger partial charge in [-0.3, -0.25) is 9.69 Å². The molecule has 1 saturated heterocycles. The lowest BCUT2D eigenvalue weighted by Crippen LogP contribution is -2.33. The number of hydrogen-bond donors (Lipinski definition) is 2. The second kappa shape index (κ2) is 7.74. The zero-order valence-electron chi connectivity index (χ0n) is 15.6. The van der Waals surface area contributed by atoms with Gasteiger partial charge in [0.05, 0.1) is 30.0 Å². The maximum atomic E-state index is 14.6. The first-order valence-electron chi connectivity index (χ1n) is 9.05. The van der Waals surface area contributed by atoms with Crippen molar-refractivity contribution in [2.75, 3.05) is 23.3 Å². The lowest BCUT2D eigenvalue weighted by atomic mass is 10.2. The number of nitrogens with zero attached hydrogens (tertiary/aromatic N) is 4. The Morgan fingerprint density at radius 3 is 2.93 bits per heavy atom. The number of para-hydroxylation sites is 1. The molecule has 1 atom stereocenters. The summed E-state index contributed by atoms with van der Waals surface area (Å²) in [5.41, 5.74) is 2.25. The fourth-order valence-corrected chi connectivity index (χ4v) is 3.11. The molecule has 3 aromatic rings. The molecule has 2 N–H and O–H groups in total. The topological polar surface area (TPSA) is 101 Å². The van der Waals surface area contributed by atoms with Crippen molar-refractivity contribution < 1.29 is 18.7 Å². The van der Waals surface area contributed by atoms with Gasteiger partial charge in [-0.05, 0) is 30.3 Å². The van der Waals surface area contributed by atoms with Crippen molar-refractivity contribution in [2.24, 2.45) is 0 Å². The second-order valence-corrected chi connectivity index (χ2v) is 6.63. The minimum atomic E-state index is -0.574. The van der Waals surface area contributed by atoms with Crippen molar-refractivity contribution in [1.29, 1.82) is 0 Å². The normalized spacial score (nSPS) is 16.1. The van der Waals surface area contributed by atoms with E-state index in [-0.39, 0.29) is 31.4 Å². The second-order valence-electron chi connectivity index (χ2n) is 6.63. The van der Waals surface area contributed by atoms with E-state index in [0.717, 1.165) is 11.0 Å². The summed E-state index contributed by atoms with van der Waals surface area (Å²) in [6.07, 6.45) is -1.05. The number of hydrogen-bond acceptors (Lipinski definition) is 6. The number of fused-ring (bicyclic) bond motifs is 1. The van der Waals surface area contributed by atoms with Crippen LogP contribution in [0, 0.1) is 5.82 Å². The standard InChI is InChI=1S/C19H19FN6O3/c1-12(27)21-9-14-10-25(19(28)29-14)13-6-7-16(15(20)8-13)22-11-26-18-5-3-2-4-17(18)23-24-26/h2-8,14,22H,9-11H2,1H3,(H,21,27). The molecule has 2 aromatic carbocycles. The van der Waals surface area contributed by atoms with Crippen LogP contribution in [0.4, 0.5) is 20.6 Å². The van der Waals surface area contributed by atoms with Gasteiger partial charge in [-0.1, -0.05) is 17.3 Å². The number of aromatic nitrogens is 3. The molecule has 0 radical (unpaired) electrons. The molecule has 2 amide bonds. The van der Waals surface area contributed by atoms with Gasteiger partial charge in [-0.25, -0.2) is 13.9 Å². The highest BCUT2D eigenvalue weighted by Crippen LogP contribution is 2.26. The maximum Gasteiger partial charge on any atom is 0.414 e. The van der Waals surface area contributed by atoms with Gasteiger partial charge in [0.2, 0.25) is 5.91 Å². The Bertz CT molecular complexity index is 1070. The molecule has 1 aromatic heterocycles. The van der Waals surface area contributed by atoms with Gasteiger partial charge in [0.25, 0.3) is 0 Å². The highest BCUT2D eigenvalue weighted by atomic mass is 19.1. The van der Waals surface area contributed by atoms with Crippen LogP contribution in [-0.2, 0) is 16.2 Å². The molecule has 10 heteroatoms. The molecule has 150 valence electrons. The molecular weight excluding hydrogens is 379 g/mol. The molecule has 1 aliphatic heterocycles. The zero-order chi connectivity index (χ0) is 20.4. The molecule has 1 unspecified atom stereocenters. The lowest BCUT2D eigenvalue weighted by Gasteiger charge is -2.15. The zero-order valence-corrected chi connectivity index (χ0v) is 15.6. The number of rotatable bonds is 6. The first kappa shape index (κ1) is 18.7. The Morgan fingerprint density at radius 1 is 1.31 bits per heavy atom. The van der Waals surface area contributed by atoms with Crippen molar-refractivity contribution in [3.05, 3.63) is 48.3 Å². The van der Waals surface area contributed by atoms with Gasteiger partial charge in [-0.2, -0.15) is 0 Å². The van der Waals surface area contributed by atoms with E-state index in [4.69, 9.17) is 4.74 Å². The van der Waals surface area contributed by atoms with Gasteiger partial charge in [0, 0.05) is 6.92 Å². The van der Waals surface area contributed by atoms with Gasteiger partial charge in [0.1, 0.15) is 24.1 Å². The third kappa shape index (κ3) is 3.96. The number of nitrogens with one attached hydrogen (secondary N) is 2. The van der Waals surface area contributed by atoms with Gasteiger partial charge >= 0.3 is 6.09 Å². The van der Waals surface area contributed by atoms with Crippen LogP contribution >= 0.6 is 0 Å². The number of ether oxygens (including phenoxy) is 1. The van der Waals surface area contributed by atoms with E-state index in [0.29, 0.717) is 5.69 Å². The van der Waals surface area contributed by atoms with Crippen molar-refractivity contribution in [3.63, 3.8) is 0 Å². The predicted molar refractivity (Wildman–Crippen MR) is 104 cm³/mol. The van der Waals surface area contributed by atoms with Crippen molar-refractivity contribution in [1.82, 2.24) is 20.3 Å². The highest BCUT2D eigenvalue weighted by Gasteiger charge is 2.32.